The Morgan fingerprint density at radius 2 is 2.13 bits per heavy atom. The van der Waals surface area contributed by atoms with E-state index in [0.717, 1.165) is 0 Å². The van der Waals surface area contributed by atoms with Gasteiger partial charge in [0.2, 0.25) is 5.88 Å². The normalized spacial score (nSPS) is 9.47. The highest BCUT2D eigenvalue weighted by atomic mass is 16.5. The van der Waals surface area contributed by atoms with Gasteiger partial charge < -0.3 is 9.47 Å². The van der Waals surface area contributed by atoms with Crippen LogP contribution in [0, 0.1) is 0 Å². The third-order valence-electron chi connectivity index (χ3n) is 1.59. The number of carbonyl (C=O) groups is 2. The van der Waals surface area contributed by atoms with Crippen LogP contribution in [0.1, 0.15) is 17.3 Å². The molecule has 0 amide bonds. The summed E-state index contributed by atoms with van der Waals surface area (Å²) in [6.07, 6.45) is 1.33. The zero-order valence-electron chi connectivity index (χ0n) is 8.52. The molecule has 0 radical (unpaired) electrons. The van der Waals surface area contributed by atoms with Crippen LogP contribution in [-0.4, -0.2) is 30.5 Å². The van der Waals surface area contributed by atoms with Gasteiger partial charge in [-0.15, -0.1) is 0 Å². The number of rotatable bonds is 4. The van der Waals surface area contributed by atoms with Gasteiger partial charge in [0, 0.05) is 12.3 Å². The Morgan fingerprint density at radius 3 is 2.60 bits per heavy atom. The molecule has 1 aromatic rings. The smallest absolute Gasteiger partial charge is 0.340 e. The molecule has 0 bridgehead atoms. The minimum absolute atomic E-state index is 0.204. The number of ether oxygens (including phenoxy) is 2. The van der Waals surface area contributed by atoms with Gasteiger partial charge in [0.25, 0.3) is 0 Å². The highest BCUT2D eigenvalue weighted by Gasteiger charge is 2.08. The first-order chi connectivity index (χ1) is 7.13. The number of nitrogens with zero attached hydrogens (tertiary/aromatic N) is 1. The van der Waals surface area contributed by atoms with Crippen molar-refractivity contribution in [1.82, 2.24) is 4.98 Å². The van der Waals surface area contributed by atoms with Crippen molar-refractivity contribution in [3.8, 4) is 5.88 Å². The maximum Gasteiger partial charge on any atom is 0.340 e. The van der Waals surface area contributed by atoms with E-state index in [1.165, 1.54) is 26.3 Å². The monoisotopic (exact) mass is 209 g/mol. The van der Waals surface area contributed by atoms with Crippen molar-refractivity contribution in [3.05, 3.63) is 23.9 Å². The van der Waals surface area contributed by atoms with Gasteiger partial charge in [0.15, 0.2) is 5.78 Å². The molecule has 0 aliphatic rings. The second-order valence-corrected chi connectivity index (χ2v) is 2.87. The van der Waals surface area contributed by atoms with Gasteiger partial charge in [-0.3, -0.25) is 4.79 Å². The molecule has 0 aromatic carbocycles. The molecule has 5 nitrogen and oxygen atoms in total. The molecule has 1 aromatic heterocycles. The molecule has 15 heavy (non-hydrogen) atoms. The minimum atomic E-state index is -0.569. The number of hydrogen-bond acceptors (Lipinski definition) is 5. The predicted octanol–water partition coefficient (Wildman–Crippen LogP) is 0.836. The molecule has 5 heteroatoms. The molecule has 0 atom stereocenters. The number of Topliss-reactive ketones (excluding diaryl/α,β-unsaturated/α-hetero) is 1. The number of aromatic nitrogens is 1. The Balaban J connectivity index is 2.62. The van der Waals surface area contributed by atoms with Crippen molar-refractivity contribution in [3.63, 3.8) is 0 Å². The summed E-state index contributed by atoms with van der Waals surface area (Å²) in [7, 11) is 1.48. The summed E-state index contributed by atoms with van der Waals surface area (Å²) in [6, 6.07) is 3.07. The van der Waals surface area contributed by atoms with Crippen LogP contribution < -0.4 is 4.74 Å². The van der Waals surface area contributed by atoms with Crippen molar-refractivity contribution < 1.29 is 19.1 Å². The van der Waals surface area contributed by atoms with Crippen LogP contribution in [0.5, 0.6) is 5.88 Å². The number of hydrogen-bond donors (Lipinski definition) is 0. The van der Waals surface area contributed by atoms with Gasteiger partial charge in [-0.1, -0.05) is 0 Å². The number of methoxy groups -OCH3 is 1. The van der Waals surface area contributed by atoms with E-state index in [0.29, 0.717) is 5.88 Å². The van der Waals surface area contributed by atoms with Crippen molar-refractivity contribution in [2.45, 2.75) is 6.92 Å². The summed E-state index contributed by atoms with van der Waals surface area (Å²) in [6.45, 7) is 1.13. The molecule has 1 heterocycles. The zero-order chi connectivity index (χ0) is 11.3. The first-order valence-electron chi connectivity index (χ1n) is 4.30. The molecule has 0 spiro atoms. The summed E-state index contributed by atoms with van der Waals surface area (Å²) >= 11 is 0. The first kappa shape index (κ1) is 11.2. The van der Waals surface area contributed by atoms with E-state index in [9.17, 15) is 9.59 Å². The third-order valence-corrected chi connectivity index (χ3v) is 1.59. The van der Waals surface area contributed by atoms with Crippen LogP contribution >= 0.6 is 0 Å². The summed E-state index contributed by atoms with van der Waals surface area (Å²) in [5, 5.41) is 0. The molecular formula is C10H11NO4. The van der Waals surface area contributed by atoms with Crippen LogP contribution in [0.4, 0.5) is 0 Å². The van der Waals surface area contributed by atoms with E-state index >= 15 is 0 Å². The highest BCUT2D eigenvalue weighted by molar-refractivity contribution is 5.90. The van der Waals surface area contributed by atoms with E-state index < -0.39 is 5.97 Å². The largest absolute Gasteiger partial charge is 0.481 e. The summed E-state index contributed by atoms with van der Waals surface area (Å²) in [5.41, 5.74) is 0.289. The van der Waals surface area contributed by atoms with Crippen LogP contribution in [0.15, 0.2) is 18.3 Å². The topological polar surface area (TPSA) is 65.5 Å². The number of ketones is 1. The van der Waals surface area contributed by atoms with Crippen LogP contribution in [0.3, 0.4) is 0 Å². The average Bonchev–Trinajstić information content (AvgIpc) is 2.26. The zero-order valence-corrected chi connectivity index (χ0v) is 8.52. The number of carbonyl (C=O) groups excluding carboxylic acids is 2. The molecule has 0 aliphatic carbocycles. The fourth-order valence-electron chi connectivity index (χ4n) is 0.872. The Morgan fingerprint density at radius 1 is 1.40 bits per heavy atom. The molecule has 0 unspecified atom stereocenters. The van der Waals surface area contributed by atoms with E-state index in [4.69, 9.17) is 9.47 Å². The molecule has 0 saturated carbocycles. The van der Waals surface area contributed by atoms with E-state index in [1.807, 2.05) is 0 Å². The number of pyridine rings is 1. The van der Waals surface area contributed by atoms with Gasteiger partial charge in [-0.2, -0.15) is 0 Å². The second-order valence-electron chi connectivity index (χ2n) is 2.87. The highest BCUT2D eigenvalue weighted by Crippen LogP contribution is 2.07. The molecule has 0 N–H and O–H groups in total. The van der Waals surface area contributed by atoms with Crippen molar-refractivity contribution in [1.29, 1.82) is 0 Å². The van der Waals surface area contributed by atoms with Gasteiger partial charge in [0.05, 0.1) is 12.7 Å². The lowest BCUT2D eigenvalue weighted by atomic mass is 10.3. The van der Waals surface area contributed by atoms with Crippen LogP contribution in [-0.2, 0) is 9.53 Å². The maximum atomic E-state index is 11.3. The van der Waals surface area contributed by atoms with E-state index in [2.05, 4.69) is 4.98 Å². The van der Waals surface area contributed by atoms with E-state index in [-0.39, 0.29) is 18.0 Å². The quantitative estimate of drug-likeness (QED) is 0.687. The van der Waals surface area contributed by atoms with Gasteiger partial charge >= 0.3 is 5.97 Å². The Kier molecular flexibility index (Phi) is 3.79. The SMILES string of the molecule is COc1ccc(C(=O)OCC(C)=O)cn1. The molecule has 0 aliphatic heterocycles. The molecule has 1 rings (SSSR count). The fourth-order valence-corrected chi connectivity index (χ4v) is 0.872. The van der Waals surface area contributed by atoms with Crippen LogP contribution in [0.2, 0.25) is 0 Å². The third kappa shape index (κ3) is 3.38. The molecule has 0 saturated heterocycles. The molecule has 80 valence electrons. The van der Waals surface area contributed by atoms with Crippen LogP contribution in [0.25, 0.3) is 0 Å². The van der Waals surface area contributed by atoms with E-state index in [1.54, 1.807) is 6.07 Å². The first-order valence-corrected chi connectivity index (χ1v) is 4.30. The Bertz CT molecular complexity index is 358. The standard InChI is InChI=1S/C10H11NO4/c1-7(12)6-15-10(13)8-3-4-9(14-2)11-5-8/h3-5H,6H2,1-2H3. The number of esters is 1. The Labute approximate surface area is 87.0 Å². The van der Waals surface area contributed by atoms with Gasteiger partial charge in [0.1, 0.15) is 6.61 Å². The lowest BCUT2D eigenvalue weighted by molar-refractivity contribution is -0.120. The lowest BCUT2D eigenvalue weighted by Crippen LogP contribution is -2.11. The fraction of sp³-hybridized carbons (Fsp3) is 0.300. The summed E-state index contributed by atoms with van der Waals surface area (Å²) in [4.78, 5) is 25.7. The molecular weight excluding hydrogens is 198 g/mol. The van der Waals surface area contributed by atoms with Gasteiger partial charge in [-0.05, 0) is 13.0 Å². The van der Waals surface area contributed by atoms with Gasteiger partial charge in [-0.25, -0.2) is 9.78 Å². The maximum absolute atomic E-state index is 11.3. The summed E-state index contributed by atoms with van der Waals surface area (Å²) < 4.78 is 9.52. The minimum Gasteiger partial charge on any atom is -0.481 e. The van der Waals surface area contributed by atoms with Crippen molar-refractivity contribution >= 4 is 11.8 Å². The lowest BCUT2D eigenvalue weighted by Gasteiger charge is -2.02. The van der Waals surface area contributed by atoms with Crippen molar-refractivity contribution in [2.24, 2.45) is 0 Å². The predicted molar refractivity (Wildman–Crippen MR) is 51.8 cm³/mol. The van der Waals surface area contributed by atoms with Crippen molar-refractivity contribution in [2.75, 3.05) is 13.7 Å². The average molecular weight is 209 g/mol. The summed E-state index contributed by atoms with van der Waals surface area (Å²) in [5.74, 6) is -0.358. The second kappa shape index (κ2) is 5.09. The Hall–Kier alpha value is -1.91. The molecule has 0 fully saturated rings.